The molecule has 1 aromatic rings. The molecule has 1 saturated heterocycles. The van der Waals surface area contributed by atoms with Crippen LogP contribution in [0.3, 0.4) is 0 Å². The molecule has 2 rings (SSSR count). The number of nitrogens with zero attached hydrogens (tertiary/aromatic N) is 3. The Morgan fingerprint density at radius 3 is 2.94 bits per heavy atom. The number of likely N-dealkylation sites (tertiary alicyclic amines) is 1. The minimum absolute atomic E-state index is 0.0350. The molecular formula is C11H13N3OS. The second-order valence-corrected chi connectivity index (χ2v) is 5.14. The number of aromatic nitrogens is 1. The molecule has 1 unspecified atom stereocenters. The van der Waals surface area contributed by atoms with E-state index in [1.165, 1.54) is 11.3 Å². The van der Waals surface area contributed by atoms with Gasteiger partial charge in [0.05, 0.1) is 16.8 Å². The SMILES string of the molecule is Cc1nc(C)c(C(=O)N2CCCC2C#N)s1. The first-order chi connectivity index (χ1) is 7.63. The highest BCUT2D eigenvalue weighted by atomic mass is 32.1. The van der Waals surface area contributed by atoms with Gasteiger partial charge in [0.15, 0.2) is 0 Å². The fraction of sp³-hybridized carbons (Fsp3) is 0.545. The number of thiazole rings is 1. The Labute approximate surface area is 98.5 Å². The second-order valence-electron chi connectivity index (χ2n) is 3.93. The van der Waals surface area contributed by atoms with Gasteiger partial charge in [-0.1, -0.05) is 0 Å². The summed E-state index contributed by atoms with van der Waals surface area (Å²) in [5.74, 6) is -0.0350. The van der Waals surface area contributed by atoms with Crippen molar-refractivity contribution in [1.29, 1.82) is 5.26 Å². The molecule has 0 aliphatic carbocycles. The van der Waals surface area contributed by atoms with Crippen molar-refractivity contribution in [1.82, 2.24) is 9.88 Å². The first-order valence-corrected chi connectivity index (χ1v) is 6.09. The van der Waals surface area contributed by atoms with E-state index in [4.69, 9.17) is 5.26 Å². The smallest absolute Gasteiger partial charge is 0.266 e. The first kappa shape index (κ1) is 11.1. The number of amides is 1. The molecule has 5 heteroatoms. The highest BCUT2D eigenvalue weighted by Crippen LogP contribution is 2.24. The van der Waals surface area contributed by atoms with E-state index in [2.05, 4.69) is 11.1 Å². The van der Waals surface area contributed by atoms with Gasteiger partial charge in [0, 0.05) is 6.54 Å². The number of aryl methyl sites for hydroxylation is 2. The van der Waals surface area contributed by atoms with Gasteiger partial charge in [-0.25, -0.2) is 4.98 Å². The monoisotopic (exact) mass is 235 g/mol. The fourth-order valence-electron chi connectivity index (χ4n) is 2.00. The van der Waals surface area contributed by atoms with Crippen LogP contribution in [0.1, 0.15) is 33.2 Å². The Hall–Kier alpha value is -1.41. The third kappa shape index (κ3) is 1.81. The van der Waals surface area contributed by atoms with Gasteiger partial charge in [0.2, 0.25) is 0 Å². The highest BCUT2D eigenvalue weighted by Gasteiger charge is 2.31. The molecule has 0 aromatic carbocycles. The van der Waals surface area contributed by atoms with Gasteiger partial charge >= 0.3 is 0 Å². The summed E-state index contributed by atoms with van der Waals surface area (Å²) in [6.45, 7) is 4.42. The third-order valence-corrected chi connectivity index (χ3v) is 3.82. The Bertz CT molecular complexity index is 460. The van der Waals surface area contributed by atoms with Crippen LogP contribution in [0.2, 0.25) is 0 Å². The lowest BCUT2D eigenvalue weighted by Crippen LogP contribution is -2.34. The Balaban J connectivity index is 2.26. The highest BCUT2D eigenvalue weighted by molar-refractivity contribution is 7.13. The average Bonchev–Trinajstić information content (AvgIpc) is 2.83. The summed E-state index contributed by atoms with van der Waals surface area (Å²) >= 11 is 1.41. The molecule has 0 saturated carbocycles. The van der Waals surface area contributed by atoms with Gasteiger partial charge < -0.3 is 4.90 Å². The molecule has 16 heavy (non-hydrogen) atoms. The van der Waals surface area contributed by atoms with E-state index in [9.17, 15) is 4.79 Å². The van der Waals surface area contributed by atoms with Crippen LogP contribution in [0.25, 0.3) is 0 Å². The van der Waals surface area contributed by atoms with E-state index in [-0.39, 0.29) is 11.9 Å². The summed E-state index contributed by atoms with van der Waals surface area (Å²) in [6, 6.07) is 1.92. The topological polar surface area (TPSA) is 57.0 Å². The van der Waals surface area contributed by atoms with Crippen LogP contribution in [-0.2, 0) is 0 Å². The number of rotatable bonds is 1. The van der Waals surface area contributed by atoms with Gasteiger partial charge in [-0.05, 0) is 26.7 Å². The van der Waals surface area contributed by atoms with Gasteiger partial charge in [0.1, 0.15) is 10.9 Å². The van der Waals surface area contributed by atoms with Crippen molar-refractivity contribution in [2.24, 2.45) is 0 Å². The molecule has 84 valence electrons. The summed E-state index contributed by atoms with van der Waals surface area (Å²) in [6.07, 6.45) is 1.71. The van der Waals surface area contributed by atoms with Crippen molar-refractivity contribution >= 4 is 17.2 Å². The van der Waals surface area contributed by atoms with Crippen LogP contribution in [0.5, 0.6) is 0 Å². The van der Waals surface area contributed by atoms with E-state index in [0.29, 0.717) is 11.4 Å². The summed E-state index contributed by atoms with van der Waals surface area (Å²) < 4.78 is 0. The fourth-order valence-corrected chi connectivity index (χ4v) is 2.88. The van der Waals surface area contributed by atoms with Crippen molar-refractivity contribution in [2.45, 2.75) is 32.7 Å². The van der Waals surface area contributed by atoms with Gasteiger partial charge in [-0.3, -0.25) is 4.79 Å². The molecule has 1 fully saturated rings. The predicted octanol–water partition coefficient (Wildman–Crippen LogP) is 1.89. The molecule has 0 spiro atoms. The zero-order valence-electron chi connectivity index (χ0n) is 9.36. The number of hydrogen-bond acceptors (Lipinski definition) is 4. The van der Waals surface area contributed by atoms with E-state index in [1.54, 1.807) is 4.90 Å². The second kappa shape index (κ2) is 4.22. The number of carbonyl (C=O) groups excluding carboxylic acids is 1. The lowest BCUT2D eigenvalue weighted by molar-refractivity contribution is 0.0769. The predicted molar refractivity (Wildman–Crippen MR) is 61.3 cm³/mol. The summed E-state index contributed by atoms with van der Waals surface area (Å²) in [5.41, 5.74) is 0.774. The maximum absolute atomic E-state index is 12.2. The lowest BCUT2D eigenvalue weighted by atomic mass is 10.2. The number of carbonyl (C=O) groups is 1. The maximum atomic E-state index is 12.2. The minimum atomic E-state index is -0.255. The van der Waals surface area contributed by atoms with E-state index in [0.717, 1.165) is 23.5 Å². The van der Waals surface area contributed by atoms with Gasteiger partial charge in [-0.15, -0.1) is 11.3 Å². The quantitative estimate of drug-likeness (QED) is 0.747. The van der Waals surface area contributed by atoms with Crippen LogP contribution in [0.4, 0.5) is 0 Å². The molecule has 1 aliphatic rings. The zero-order chi connectivity index (χ0) is 11.7. The molecule has 0 radical (unpaired) electrons. The van der Waals surface area contributed by atoms with Crippen molar-refractivity contribution < 1.29 is 4.79 Å². The largest absolute Gasteiger partial charge is 0.322 e. The normalized spacial score (nSPS) is 19.8. The van der Waals surface area contributed by atoms with Crippen LogP contribution in [-0.4, -0.2) is 28.4 Å². The Kier molecular flexibility index (Phi) is 2.92. The molecule has 1 aromatic heterocycles. The van der Waals surface area contributed by atoms with Crippen molar-refractivity contribution in [2.75, 3.05) is 6.54 Å². The van der Waals surface area contributed by atoms with Gasteiger partial charge in [-0.2, -0.15) is 5.26 Å². The van der Waals surface area contributed by atoms with Crippen molar-refractivity contribution in [3.63, 3.8) is 0 Å². The molecule has 1 amide bonds. The molecule has 1 atom stereocenters. The van der Waals surface area contributed by atoms with E-state index in [1.807, 2.05) is 13.8 Å². The molecule has 0 N–H and O–H groups in total. The zero-order valence-corrected chi connectivity index (χ0v) is 10.2. The van der Waals surface area contributed by atoms with Gasteiger partial charge in [0.25, 0.3) is 5.91 Å². The Morgan fingerprint density at radius 2 is 2.38 bits per heavy atom. The average molecular weight is 235 g/mol. The third-order valence-electron chi connectivity index (χ3n) is 2.76. The maximum Gasteiger partial charge on any atom is 0.266 e. The standard InChI is InChI=1S/C11H13N3OS/c1-7-10(16-8(2)13-7)11(15)14-5-3-4-9(14)6-12/h9H,3-5H2,1-2H3. The number of hydrogen-bond donors (Lipinski definition) is 0. The first-order valence-electron chi connectivity index (χ1n) is 5.28. The van der Waals surface area contributed by atoms with Crippen molar-refractivity contribution in [3.8, 4) is 6.07 Å². The minimum Gasteiger partial charge on any atom is -0.322 e. The molecular weight excluding hydrogens is 222 g/mol. The van der Waals surface area contributed by atoms with E-state index >= 15 is 0 Å². The van der Waals surface area contributed by atoms with Crippen LogP contribution < -0.4 is 0 Å². The summed E-state index contributed by atoms with van der Waals surface area (Å²) in [7, 11) is 0. The van der Waals surface area contributed by atoms with E-state index < -0.39 is 0 Å². The molecule has 1 aliphatic heterocycles. The summed E-state index contributed by atoms with van der Waals surface area (Å²) in [4.78, 5) is 18.8. The molecule has 0 bridgehead atoms. The number of nitriles is 1. The lowest BCUT2D eigenvalue weighted by Gasteiger charge is -2.18. The molecule has 2 heterocycles. The Morgan fingerprint density at radius 1 is 1.62 bits per heavy atom. The molecule has 4 nitrogen and oxygen atoms in total. The van der Waals surface area contributed by atoms with Crippen LogP contribution in [0, 0.1) is 25.2 Å². The van der Waals surface area contributed by atoms with Crippen molar-refractivity contribution in [3.05, 3.63) is 15.6 Å². The van der Waals surface area contributed by atoms with Crippen LogP contribution in [0.15, 0.2) is 0 Å². The van der Waals surface area contributed by atoms with Crippen LogP contribution >= 0.6 is 11.3 Å². The summed E-state index contributed by atoms with van der Waals surface area (Å²) in [5, 5.41) is 9.85.